The van der Waals surface area contributed by atoms with Crippen LogP contribution in [0, 0.1) is 12.7 Å². The van der Waals surface area contributed by atoms with Crippen LogP contribution in [0.25, 0.3) is 0 Å². The highest BCUT2D eigenvalue weighted by Gasteiger charge is 2.09. The Kier molecular flexibility index (Phi) is 5.76. The predicted octanol–water partition coefficient (Wildman–Crippen LogP) is 5.49. The molecule has 0 aliphatic rings. The lowest BCUT2D eigenvalue weighted by atomic mass is 10.2. The molecule has 0 fully saturated rings. The van der Waals surface area contributed by atoms with E-state index in [9.17, 15) is 4.39 Å². The number of halogens is 3. The maximum absolute atomic E-state index is 13.2. The predicted molar refractivity (Wildman–Crippen MR) is 109 cm³/mol. The van der Waals surface area contributed by atoms with E-state index in [1.807, 2.05) is 25.1 Å². The van der Waals surface area contributed by atoms with Crippen molar-refractivity contribution in [1.29, 1.82) is 0 Å². The first-order chi connectivity index (χ1) is 12.4. The average Bonchev–Trinajstić information content (AvgIpc) is 2.89. The van der Waals surface area contributed by atoms with Gasteiger partial charge in [-0.15, -0.1) is 0 Å². The number of rotatable bonds is 4. The molecule has 0 bridgehead atoms. The molecule has 0 unspecified atom stereocenters. The van der Waals surface area contributed by atoms with Crippen LogP contribution >= 0.6 is 35.4 Å². The van der Waals surface area contributed by atoms with Crippen molar-refractivity contribution in [2.45, 2.75) is 13.5 Å². The van der Waals surface area contributed by atoms with E-state index >= 15 is 0 Å². The molecule has 0 spiro atoms. The molecule has 0 aliphatic heterocycles. The fourth-order valence-corrected chi connectivity index (χ4v) is 3.03. The SMILES string of the molecule is Cc1cc(NC(=S)Nc2cccc(Cl)c2)nn1Cc1ccc(F)cc1Cl. The summed E-state index contributed by atoms with van der Waals surface area (Å²) in [5.41, 5.74) is 2.48. The molecule has 8 heteroatoms. The van der Waals surface area contributed by atoms with Crippen molar-refractivity contribution < 1.29 is 4.39 Å². The lowest BCUT2D eigenvalue weighted by Gasteiger charge is -2.09. The van der Waals surface area contributed by atoms with E-state index in [1.165, 1.54) is 12.1 Å². The Morgan fingerprint density at radius 1 is 1.15 bits per heavy atom. The van der Waals surface area contributed by atoms with Crippen LogP contribution in [0.5, 0.6) is 0 Å². The van der Waals surface area contributed by atoms with E-state index < -0.39 is 0 Å². The molecule has 0 aliphatic carbocycles. The second-order valence-corrected chi connectivity index (χ2v) is 6.91. The minimum atomic E-state index is -0.365. The number of aryl methyl sites for hydroxylation is 1. The summed E-state index contributed by atoms with van der Waals surface area (Å²) in [6.45, 7) is 2.35. The molecule has 0 saturated heterocycles. The van der Waals surface area contributed by atoms with Gasteiger partial charge < -0.3 is 10.6 Å². The van der Waals surface area contributed by atoms with E-state index in [0.717, 1.165) is 16.9 Å². The zero-order valence-electron chi connectivity index (χ0n) is 13.8. The molecule has 1 aromatic heterocycles. The van der Waals surface area contributed by atoms with Crippen molar-refractivity contribution in [3.8, 4) is 0 Å². The third-order valence-electron chi connectivity index (χ3n) is 3.64. The lowest BCUT2D eigenvalue weighted by molar-refractivity contribution is 0.623. The van der Waals surface area contributed by atoms with Crippen LogP contribution in [0.3, 0.4) is 0 Å². The summed E-state index contributed by atoms with van der Waals surface area (Å²) < 4.78 is 14.9. The number of nitrogens with one attached hydrogen (secondary N) is 2. The van der Waals surface area contributed by atoms with Crippen LogP contribution in [0.15, 0.2) is 48.5 Å². The Morgan fingerprint density at radius 2 is 1.96 bits per heavy atom. The molecule has 134 valence electrons. The first-order valence-corrected chi connectivity index (χ1v) is 8.89. The second kappa shape index (κ2) is 8.03. The summed E-state index contributed by atoms with van der Waals surface area (Å²) in [6, 6.07) is 13.4. The number of thiocarbonyl (C=S) groups is 1. The summed E-state index contributed by atoms with van der Waals surface area (Å²) in [5, 5.41) is 11.9. The Hall–Kier alpha value is -2.15. The maximum atomic E-state index is 13.2. The van der Waals surface area contributed by atoms with E-state index in [2.05, 4.69) is 15.7 Å². The lowest BCUT2D eigenvalue weighted by Crippen LogP contribution is -2.19. The minimum absolute atomic E-state index is 0.365. The quantitative estimate of drug-likeness (QED) is 0.559. The first-order valence-electron chi connectivity index (χ1n) is 7.72. The van der Waals surface area contributed by atoms with Crippen molar-refractivity contribution in [1.82, 2.24) is 9.78 Å². The van der Waals surface area contributed by atoms with Gasteiger partial charge in [0.25, 0.3) is 0 Å². The fraction of sp³-hybridized carbons (Fsp3) is 0.111. The van der Waals surface area contributed by atoms with Crippen LogP contribution < -0.4 is 10.6 Å². The molecule has 0 amide bonds. The van der Waals surface area contributed by atoms with Gasteiger partial charge in [0, 0.05) is 27.5 Å². The van der Waals surface area contributed by atoms with Crippen molar-refractivity contribution in [3.05, 3.63) is 75.7 Å². The molecule has 2 N–H and O–H groups in total. The summed E-state index contributed by atoms with van der Waals surface area (Å²) >= 11 is 17.3. The summed E-state index contributed by atoms with van der Waals surface area (Å²) in [4.78, 5) is 0. The largest absolute Gasteiger partial charge is 0.332 e. The van der Waals surface area contributed by atoms with E-state index in [-0.39, 0.29) is 5.82 Å². The third-order valence-corrected chi connectivity index (χ3v) is 4.43. The zero-order valence-corrected chi connectivity index (χ0v) is 16.1. The van der Waals surface area contributed by atoms with Gasteiger partial charge in [-0.1, -0.05) is 35.3 Å². The molecule has 26 heavy (non-hydrogen) atoms. The summed E-state index contributed by atoms with van der Waals surface area (Å²) in [6.07, 6.45) is 0. The Bertz CT molecular complexity index is 958. The van der Waals surface area contributed by atoms with Gasteiger partial charge in [-0.25, -0.2) is 4.39 Å². The minimum Gasteiger partial charge on any atom is -0.332 e. The molecular formula is C18H15Cl2FN4S. The average molecular weight is 409 g/mol. The second-order valence-electron chi connectivity index (χ2n) is 5.65. The monoisotopic (exact) mass is 408 g/mol. The van der Waals surface area contributed by atoms with E-state index in [1.54, 1.807) is 22.9 Å². The molecule has 0 radical (unpaired) electrons. The van der Waals surface area contributed by atoms with E-state index in [4.69, 9.17) is 35.4 Å². The van der Waals surface area contributed by atoms with Gasteiger partial charge in [-0.2, -0.15) is 5.10 Å². The molecular weight excluding hydrogens is 394 g/mol. The van der Waals surface area contributed by atoms with Gasteiger partial charge in [0.2, 0.25) is 0 Å². The Morgan fingerprint density at radius 3 is 2.69 bits per heavy atom. The van der Waals surface area contributed by atoms with Crippen LogP contribution in [0.4, 0.5) is 15.9 Å². The highest BCUT2D eigenvalue weighted by Crippen LogP contribution is 2.20. The Balaban J connectivity index is 1.68. The molecule has 3 rings (SSSR count). The molecule has 0 saturated carbocycles. The van der Waals surface area contributed by atoms with Crippen molar-refractivity contribution in [3.63, 3.8) is 0 Å². The van der Waals surface area contributed by atoms with Gasteiger partial charge in [0.1, 0.15) is 5.82 Å². The fourth-order valence-electron chi connectivity index (χ4n) is 2.39. The summed E-state index contributed by atoms with van der Waals surface area (Å²) in [7, 11) is 0. The van der Waals surface area contributed by atoms with E-state index in [0.29, 0.717) is 27.5 Å². The van der Waals surface area contributed by atoms with Crippen LogP contribution in [-0.2, 0) is 6.54 Å². The van der Waals surface area contributed by atoms with Gasteiger partial charge in [0.15, 0.2) is 10.9 Å². The molecule has 4 nitrogen and oxygen atoms in total. The van der Waals surface area contributed by atoms with Gasteiger partial charge in [-0.05, 0) is 55.0 Å². The first kappa shape index (κ1) is 18.6. The van der Waals surface area contributed by atoms with Crippen molar-refractivity contribution >= 4 is 52.0 Å². The van der Waals surface area contributed by atoms with Gasteiger partial charge in [0.05, 0.1) is 6.54 Å². The molecule has 1 heterocycles. The number of aromatic nitrogens is 2. The number of nitrogens with zero attached hydrogens (tertiary/aromatic N) is 2. The maximum Gasteiger partial charge on any atom is 0.176 e. The number of hydrogen-bond donors (Lipinski definition) is 2. The van der Waals surface area contributed by atoms with Crippen molar-refractivity contribution in [2.24, 2.45) is 0 Å². The highest BCUT2D eigenvalue weighted by molar-refractivity contribution is 7.80. The van der Waals surface area contributed by atoms with Crippen LogP contribution in [0.2, 0.25) is 10.0 Å². The van der Waals surface area contributed by atoms with Gasteiger partial charge >= 0.3 is 0 Å². The molecule has 3 aromatic rings. The smallest absolute Gasteiger partial charge is 0.176 e. The number of anilines is 2. The Labute approximate surface area is 165 Å². The summed E-state index contributed by atoms with van der Waals surface area (Å²) in [5.74, 6) is 0.232. The zero-order chi connectivity index (χ0) is 18.7. The van der Waals surface area contributed by atoms with Crippen LogP contribution in [0.1, 0.15) is 11.3 Å². The highest BCUT2D eigenvalue weighted by atomic mass is 35.5. The molecule has 0 atom stereocenters. The molecule has 2 aromatic carbocycles. The number of hydrogen-bond acceptors (Lipinski definition) is 2. The standard InChI is InChI=1S/C18H15Cl2FN4S/c1-11-7-17(23-18(26)22-15-4-2-3-13(19)8-15)24-25(11)10-12-5-6-14(21)9-16(12)20/h2-9H,10H2,1H3,(H2,22,23,24,26). The number of benzene rings is 2. The normalized spacial score (nSPS) is 10.6. The third kappa shape index (κ3) is 4.72. The topological polar surface area (TPSA) is 41.9 Å². The van der Waals surface area contributed by atoms with Crippen molar-refractivity contribution in [2.75, 3.05) is 10.6 Å². The van der Waals surface area contributed by atoms with Crippen LogP contribution in [-0.4, -0.2) is 14.9 Å². The van der Waals surface area contributed by atoms with Gasteiger partial charge in [-0.3, -0.25) is 4.68 Å².